The molecule has 196 valence electrons. The summed E-state index contributed by atoms with van der Waals surface area (Å²) in [6, 6.07) is 0. The van der Waals surface area contributed by atoms with Gasteiger partial charge in [0.25, 0.3) is 5.56 Å². The number of hydrogen-bond acceptors (Lipinski definition) is 16. The summed E-state index contributed by atoms with van der Waals surface area (Å²) in [4.78, 5) is 41.0. The van der Waals surface area contributed by atoms with Gasteiger partial charge in [0.2, 0.25) is 11.9 Å². The number of anilines is 3. The Balaban J connectivity index is 0.000000648. The van der Waals surface area contributed by atoms with Crippen LogP contribution in [0.4, 0.5) is 17.7 Å². The second kappa shape index (κ2) is 13.9. The maximum absolute atomic E-state index is 11.5. The Labute approximate surface area is 230 Å². The van der Waals surface area contributed by atoms with E-state index in [9.17, 15) is 25.2 Å². The third-order valence-electron chi connectivity index (χ3n) is 4.44. The van der Waals surface area contributed by atoms with Crippen LogP contribution >= 0.6 is 0 Å². The quantitative estimate of drug-likeness (QED) is 0.113. The summed E-state index contributed by atoms with van der Waals surface area (Å²) < 4.78 is 0. The predicted molar refractivity (Wildman–Crippen MR) is 125 cm³/mol. The molecule has 0 unspecified atom stereocenters. The van der Waals surface area contributed by atoms with Gasteiger partial charge >= 0.3 is 29.6 Å². The molecule has 4 aromatic heterocycles. The summed E-state index contributed by atoms with van der Waals surface area (Å²) in [5.41, 5.74) is 16.7. The van der Waals surface area contributed by atoms with E-state index in [0.29, 0.717) is 0 Å². The van der Waals surface area contributed by atoms with Crippen molar-refractivity contribution in [2.45, 2.75) is 38.3 Å². The third-order valence-corrected chi connectivity index (χ3v) is 4.44. The van der Waals surface area contributed by atoms with E-state index in [0.717, 1.165) is 0 Å². The van der Waals surface area contributed by atoms with Gasteiger partial charge in [0.1, 0.15) is 12.2 Å². The van der Waals surface area contributed by atoms with Crippen molar-refractivity contribution in [2.24, 2.45) is 0 Å². The van der Waals surface area contributed by atoms with Crippen molar-refractivity contribution < 1.29 is 60.9 Å². The molecule has 0 aliphatic rings. The van der Waals surface area contributed by atoms with Gasteiger partial charge in [0, 0.05) is 0 Å². The fourth-order valence-electron chi connectivity index (χ4n) is 2.69. The molecule has 0 saturated heterocycles. The van der Waals surface area contributed by atoms with Gasteiger partial charge in [-0.25, -0.2) is 19.9 Å². The largest absolute Gasteiger partial charge is 1.00 e. The molecule has 14 N–H and O–H groups in total. The summed E-state index contributed by atoms with van der Waals surface area (Å²) in [5.74, 6) is 0.0355. The Morgan fingerprint density at radius 2 is 1.24 bits per heavy atom. The number of aromatic amines is 1. The molecule has 0 spiro atoms. The van der Waals surface area contributed by atoms with Crippen LogP contribution in [0.3, 0.4) is 0 Å². The number of hydrogen-bond donors (Lipinski definition) is 8. The number of nitrogen functional groups attached to an aromatic ring is 3. The van der Waals surface area contributed by atoms with Crippen molar-refractivity contribution in [3.8, 4) is 0 Å². The molecule has 0 aromatic carbocycles. The van der Waals surface area contributed by atoms with E-state index >= 15 is 0 Å². The van der Waals surface area contributed by atoms with Crippen LogP contribution in [-0.2, 0) is 0 Å². The first-order valence-electron chi connectivity index (χ1n) is 9.78. The topological polar surface area (TPSA) is 344 Å². The average molecular weight is 531 g/mol. The number of aliphatic hydroxyl groups is 4. The number of aliphatic hydroxyl groups excluding tert-OH is 4. The first-order chi connectivity index (χ1) is 16.0. The second-order valence-corrected chi connectivity index (χ2v) is 7.22. The molecule has 4 heterocycles. The summed E-state index contributed by atoms with van der Waals surface area (Å²) in [6.07, 6.45) is -1.76. The standard InChI is InChI=1S/C9H12N6O2.C9H11N5O3.Na.2H2O/c1-3(16)6(17)4-2-12-8-5(13-4)7(10)14-9(11)15-8;1-3(15)6(16)4-2-11-7-5(12-4)8(17)14-9(10)13-7;;;/h2-3,6,16-17H,1H3,(H4,10,11,12,14,15);2-3,6,15-16H,1H3,(H3,10,11,13,14,17);;2*1H2/q;;+1;;/p-1/t2*3-,6-;;;/m00.../s1. The molecule has 18 nitrogen and oxygen atoms in total. The zero-order chi connectivity index (χ0) is 25.2. The van der Waals surface area contributed by atoms with Crippen LogP contribution in [0.25, 0.3) is 22.3 Å². The van der Waals surface area contributed by atoms with Crippen LogP contribution in [0.15, 0.2) is 17.2 Å². The maximum atomic E-state index is 11.5. The van der Waals surface area contributed by atoms with Gasteiger partial charge in [0.15, 0.2) is 28.1 Å². The van der Waals surface area contributed by atoms with Crippen molar-refractivity contribution in [2.75, 3.05) is 17.2 Å². The molecule has 19 heteroatoms. The molecule has 0 fully saturated rings. The number of H-pyrrole nitrogens is 1. The number of nitrogens with one attached hydrogen (secondary N) is 1. The molecule has 37 heavy (non-hydrogen) atoms. The summed E-state index contributed by atoms with van der Waals surface area (Å²) >= 11 is 0. The predicted octanol–water partition coefficient (Wildman–Crippen LogP) is -6.29. The van der Waals surface area contributed by atoms with E-state index in [2.05, 4.69) is 39.9 Å². The fraction of sp³-hybridized carbons (Fsp3) is 0.333. The van der Waals surface area contributed by atoms with Gasteiger partial charge in [0.05, 0.1) is 36.0 Å². The number of nitrogens with zero attached hydrogens (tertiary/aromatic N) is 7. The second-order valence-electron chi connectivity index (χ2n) is 7.22. The molecule has 0 saturated carbocycles. The van der Waals surface area contributed by atoms with Gasteiger partial charge < -0.3 is 48.6 Å². The zero-order valence-corrected chi connectivity index (χ0v) is 22.0. The maximum Gasteiger partial charge on any atom is 1.00 e. The number of nitrogens with two attached hydrogens (primary N) is 3. The fourth-order valence-corrected chi connectivity index (χ4v) is 2.69. The van der Waals surface area contributed by atoms with Gasteiger partial charge in [-0.05, 0) is 13.8 Å². The number of fused-ring (bicyclic) bond motifs is 2. The SMILES string of the molecule is C[C@H](O)[C@H](O)c1cnc2nc(N)[nH]c(=O)c2n1.C[C@H](O)[C@H](O)c1cnc2nc(N)nc(N)c2n1.O.[Na+].[OH-]. The molecule has 4 rings (SSSR count). The molecule has 0 bridgehead atoms. The van der Waals surface area contributed by atoms with Gasteiger partial charge in [-0.2, -0.15) is 15.0 Å². The van der Waals surface area contributed by atoms with E-state index in [4.69, 9.17) is 17.2 Å². The van der Waals surface area contributed by atoms with Gasteiger partial charge in [-0.3, -0.25) is 9.78 Å². The van der Waals surface area contributed by atoms with Crippen molar-refractivity contribution in [3.63, 3.8) is 0 Å². The van der Waals surface area contributed by atoms with Crippen molar-refractivity contribution >= 4 is 40.0 Å². The molecule has 0 radical (unpaired) electrons. The van der Waals surface area contributed by atoms with Crippen molar-refractivity contribution in [1.29, 1.82) is 0 Å². The van der Waals surface area contributed by atoms with E-state index in [1.165, 1.54) is 26.2 Å². The van der Waals surface area contributed by atoms with Crippen LogP contribution in [-0.4, -0.2) is 83.5 Å². The Kier molecular flexibility index (Phi) is 12.7. The van der Waals surface area contributed by atoms with E-state index in [-0.39, 0.29) is 91.9 Å². The average Bonchev–Trinajstić information content (AvgIpc) is 2.77. The molecular formula is C18H26N11NaO7. The minimum Gasteiger partial charge on any atom is -0.870 e. The molecule has 0 amide bonds. The molecule has 0 aliphatic heterocycles. The normalized spacial score (nSPS) is 13.6. The number of aromatic nitrogens is 8. The Bertz CT molecular complexity index is 1390. The monoisotopic (exact) mass is 531 g/mol. The molecule has 0 aliphatic carbocycles. The third kappa shape index (κ3) is 7.89. The summed E-state index contributed by atoms with van der Waals surface area (Å²) in [6.45, 7) is 2.85. The zero-order valence-electron chi connectivity index (χ0n) is 20.0. The molecule has 4 aromatic rings. The van der Waals surface area contributed by atoms with Crippen molar-refractivity contribution in [1.82, 2.24) is 39.9 Å². The summed E-state index contributed by atoms with van der Waals surface area (Å²) in [7, 11) is 0. The molecular weight excluding hydrogens is 505 g/mol. The minimum atomic E-state index is -1.20. The van der Waals surface area contributed by atoms with Gasteiger partial charge in [-0.1, -0.05) is 0 Å². The molecule has 4 atom stereocenters. The first-order valence-corrected chi connectivity index (χ1v) is 9.78. The Morgan fingerprint density at radius 1 is 0.784 bits per heavy atom. The summed E-state index contributed by atoms with van der Waals surface area (Å²) in [5, 5.41) is 37.7. The van der Waals surface area contributed by atoms with Crippen LogP contribution in [0.5, 0.6) is 0 Å². The Hall–Kier alpha value is -3.20. The van der Waals surface area contributed by atoms with Crippen LogP contribution in [0.2, 0.25) is 0 Å². The van der Waals surface area contributed by atoms with Crippen LogP contribution in [0, 0.1) is 0 Å². The smallest absolute Gasteiger partial charge is 0.870 e. The van der Waals surface area contributed by atoms with Crippen molar-refractivity contribution in [3.05, 3.63) is 34.1 Å². The van der Waals surface area contributed by atoms with Crippen LogP contribution in [0.1, 0.15) is 37.4 Å². The minimum absolute atomic E-state index is 0. The Morgan fingerprint density at radius 3 is 1.73 bits per heavy atom. The van der Waals surface area contributed by atoms with Gasteiger partial charge in [-0.15, -0.1) is 0 Å². The number of rotatable bonds is 4. The van der Waals surface area contributed by atoms with Crippen LogP contribution < -0.4 is 52.3 Å². The van der Waals surface area contributed by atoms with E-state index < -0.39 is 30.0 Å². The van der Waals surface area contributed by atoms with E-state index in [1.807, 2.05) is 0 Å². The first kappa shape index (κ1) is 33.8. The van der Waals surface area contributed by atoms with E-state index in [1.54, 1.807) is 0 Å².